The second-order valence-corrected chi connectivity index (χ2v) is 6.45. The van der Waals surface area contributed by atoms with Crippen LogP contribution >= 0.6 is 0 Å². The molecule has 0 heterocycles. The average Bonchev–Trinajstić information content (AvgIpc) is 2.72. The SMILES string of the molecule is COc1ccc2c(c1)CCCC2=NOC(=O)Nc1cccc2ccccc12. The normalized spacial score (nSPS) is 14.6. The number of aryl methyl sites for hydroxylation is 1. The number of ether oxygens (including phenoxy) is 1. The van der Waals surface area contributed by atoms with Crippen LogP contribution in [0, 0.1) is 0 Å². The van der Waals surface area contributed by atoms with Gasteiger partial charge in [0.2, 0.25) is 0 Å². The molecular weight excluding hydrogens is 340 g/mol. The number of fused-ring (bicyclic) bond motifs is 2. The number of anilines is 1. The molecule has 136 valence electrons. The zero-order chi connectivity index (χ0) is 18.6. The van der Waals surface area contributed by atoms with Gasteiger partial charge in [-0.3, -0.25) is 10.2 Å². The minimum atomic E-state index is -0.598. The number of oxime groups is 1. The molecule has 4 rings (SSSR count). The molecule has 1 N–H and O–H groups in total. The first-order chi connectivity index (χ1) is 13.2. The van der Waals surface area contributed by atoms with Crippen molar-refractivity contribution in [3.63, 3.8) is 0 Å². The summed E-state index contributed by atoms with van der Waals surface area (Å²) in [5.41, 5.74) is 3.66. The first-order valence-corrected chi connectivity index (χ1v) is 8.94. The van der Waals surface area contributed by atoms with Gasteiger partial charge in [-0.1, -0.05) is 41.6 Å². The van der Waals surface area contributed by atoms with E-state index in [2.05, 4.69) is 10.5 Å². The number of benzene rings is 3. The van der Waals surface area contributed by atoms with Gasteiger partial charge in [0.25, 0.3) is 0 Å². The molecule has 0 bridgehead atoms. The van der Waals surface area contributed by atoms with Gasteiger partial charge >= 0.3 is 6.09 Å². The number of methoxy groups -OCH3 is 1. The molecule has 5 nitrogen and oxygen atoms in total. The van der Waals surface area contributed by atoms with Crippen LogP contribution in [0.2, 0.25) is 0 Å². The Kier molecular flexibility index (Phi) is 4.75. The molecule has 0 saturated heterocycles. The van der Waals surface area contributed by atoms with E-state index in [0.717, 1.165) is 52.6 Å². The second-order valence-electron chi connectivity index (χ2n) is 6.45. The van der Waals surface area contributed by atoms with E-state index in [1.165, 1.54) is 0 Å². The molecule has 0 atom stereocenters. The lowest BCUT2D eigenvalue weighted by Crippen LogP contribution is -2.16. The highest BCUT2D eigenvalue weighted by Crippen LogP contribution is 2.26. The van der Waals surface area contributed by atoms with Crippen LogP contribution in [0.5, 0.6) is 5.75 Å². The van der Waals surface area contributed by atoms with Crippen LogP contribution in [-0.4, -0.2) is 18.9 Å². The molecule has 3 aromatic rings. The second kappa shape index (κ2) is 7.50. The van der Waals surface area contributed by atoms with E-state index in [0.29, 0.717) is 5.69 Å². The number of nitrogens with zero attached hydrogens (tertiary/aromatic N) is 1. The summed E-state index contributed by atoms with van der Waals surface area (Å²) < 4.78 is 5.28. The number of carbonyl (C=O) groups excluding carboxylic acids is 1. The maximum Gasteiger partial charge on any atom is 0.437 e. The molecule has 1 aliphatic carbocycles. The fraction of sp³-hybridized carbons (Fsp3) is 0.182. The van der Waals surface area contributed by atoms with Crippen molar-refractivity contribution in [2.24, 2.45) is 5.16 Å². The van der Waals surface area contributed by atoms with Crippen molar-refractivity contribution in [2.75, 3.05) is 12.4 Å². The summed E-state index contributed by atoms with van der Waals surface area (Å²) in [6.45, 7) is 0. The average molecular weight is 360 g/mol. The summed E-state index contributed by atoms with van der Waals surface area (Å²) in [7, 11) is 1.65. The molecule has 3 aromatic carbocycles. The highest BCUT2D eigenvalue weighted by molar-refractivity contribution is 6.03. The van der Waals surface area contributed by atoms with Crippen LogP contribution in [-0.2, 0) is 11.3 Å². The number of amides is 1. The van der Waals surface area contributed by atoms with Crippen molar-refractivity contribution < 1.29 is 14.4 Å². The number of nitrogens with one attached hydrogen (secondary N) is 1. The van der Waals surface area contributed by atoms with Crippen molar-refractivity contribution in [1.29, 1.82) is 0 Å². The van der Waals surface area contributed by atoms with E-state index >= 15 is 0 Å². The lowest BCUT2D eigenvalue weighted by Gasteiger charge is -2.18. The summed E-state index contributed by atoms with van der Waals surface area (Å²) in [5.74, 6) is 0.824. The van der Waals surface area contributed by atoms with Crippen LogP contribution in [0.4, 0.5) is 10.5 Å². The van der Waals surface area contributed by atoms with E-state index in [4.69, 9.17) is 9.57 Å². The van der Waals surface area contributed by atoms with E-state index in [9.17, 15) is 4.79 Å². The van der Waals surface area contributed by atoms with E-state index in [-0.39, 0.29) is 0 Å². The first kappa shape index (κ1) is 17.1. The van der Waals surface area contributed by atoms with Gasteiger partial charge in [-0.25, -0.2) is 4.79 Å². The molecule has 0 saturated carbocycles. The summed E-state index contributed by atoms with van der Waals surface area (Å²) >= 11 is 0. The van der Waals surface area contributed by atoms with Crippen LogP contribution in [0.1, 0.15) is 24.0 Å². The minimum Gasteiger partial charge on any atom is -0.497 e. The summed E-state index contributed by atoms with van der Waals surface area (Å²) in [4.78, 5) is 17.4. The van der Waals surface area contributed by atoms with Crippen molar-refractivity contribution >= 4 is 28.3 Å². The van der Waals surface area contributed by atoms with E-state index in [1.807, 2.05) is 60.7 Å². The molecule has 1 aliphatic rings. The Morgan fingerprint density at radius 1 is 1.04 bits per heavy atom. The van der Waals surface area contributed by atoms with Gasteiger partial charge in [-0.15, -0.1) is 0 Å². The standard InChI is InChI=1S/C22H20N2O3/c1-26-17-12-13-19-16(14-17)8-5-11-21(19)24-27-22(25)23-20-10-4-7-15-6-2-3-9-18(15)20/h2-4,6-7,9-10,12-14H,5,8,11H2,1H3,(H,23,25). The lowest BCUT2D eigenvalue weighted by atomic mass is 9.90. The third-order valence-electron chi connectivity index (χ3n) is 4.75. The number of rotatable bonds is 3. The van der Waals surface area contributed by atoms with Crippen molar-refractivity contribution in [3.05, 3.63) is 71.8 Å². The monoisotopic (exact) mass is 360 g/mol. The molecule has 0 aliphatic heterocycles. The van der Waals surface area contributed by atoms with Crippen molar-refractivity contribution in [2.45, 2.75) is 19.3 Å². The number of hydrogen-bond donors (Lipinski definition) is 1. The molecule has 0 fully saturated rings. The van der Waals surface area contributed by atoms with Crippen LogP contribution in [0.25, 0.3) is 10.8 Å². The molecule has 0 aromatic heterocycles. The van der Waals surface area contributed by atoms with Crippen LogP contribution in [0.3, 0.4) is 0 Å². The Labute approximate surface area is 157 Å². The predicted octanol–water partition coefficient (Wildman–Crippen LogP) is 5.14. The van der Waals surface area contributed by atoms with Gasteiger partial charge in [0.05, 0.1) is 18.5 Å². The zero-order valence-electron chi connectivity index (χ0n) is 15.1. The zero-order valence-corrected chi connectivity index (χ0v) is 15.1. The summed E-state index contributed by atoms with van der Waals surface area (Å²) in [5, 5.41) is 8.91. The highest BCUT2D eigenvalue weighted by atomic mass is 16.7. The van der Waals surface area contributed by atoms with Crippen LogP contribution < -0.4 is 10.1 Å². The van der Waals surface area contributed by atoms with E-state index < -0.39 is 6.09 Å². The largest absolute Gasteiger partial charge is 0.497 e. The Balaban J connectivity index is 1.51. The number of hydrogen-bond acceptors (Lipinski definition) is 4. The first-order valence-electron chi connectivity index (χ1n) is 8.94. The number of carbonyl (C=O) groups is 1. The molecule has 0 unspecified atom stereocenters. The minimum absolute atomic E-state index is 0.598. The maximum absolute atomic E-state index is 12.3. The van der Waals surface area contributed by atoms with Crippen molar-refractivity contribution in [1.82, 2.24) is 0 Å². The summed E-state index contributed by atoms with van der Waals surface area (Å²) in [6.07, 6.45) is 2.11. The molecule has 27 heavy (non-hydrogen) atoms. The van der Waals surface area contributed by atoms with E-state index in [1.54, 1.807) is 7.11 Å². The topological polar surface area (TPSA) is 59.9 Å². The van der Waals surface area contributed by atoms with Gasteiger partial charge in [0.1, 0.15) is 5.75 Å². The smallest absolute Gasteiger partial charge is 0.437 e. The third-order valence-corrected chi connectivity index (χ3v) is 4.75. The van der Waals surface area contributed by atoms with Gasteiger partial charge in [0.15, 0.2) is 0 Å². The summed E-state index contributed by atoms with van der Waals surface area (Å²) in [6, 6.07) is 19.5. The van der Waals surface area contributed by atoms with Gasteiger partial charge < -0.3 is 4.74 Å². The molecular formula is C22H20N2O3. The molecule has 0 spiro atoms. The lowest BCUT2D eigenvalue weighted by molar-refractivity contribution is 0.166. The fourth-order valence-electron chi connectivity index (χ4n) is 3.42. The predicted molar refractivity (Wildman–Crippen MR) is 107 cm³/mol. The van der Waals surface area contributed by atoms with Gasteiger partial charge in [0, 0.05) is 10.9 Å². The van der Waals surface area contributed by atoms with Gasteiger partial charge in [-0.05, 0) is 54.5 Å². The molecule has 0 radical (unpaired) electrons. The maximum atomic E-state index is 12.3. The molecule has 1 amide bonds. The third kappa shape index (κ3) is 3.62. The highest BCUT2D eigenvalue weighted by Gasteiger charge is 2.17. The Bertz CT molecular complexity index is 1020. The Morgan fingerprint density at radius 2 is 1.89 bits per heavy atom. The fourth-order valence-corrected chi connectivity index (χ4v) is 3.42. The van der Waals surface area contributed by atoms with Crippen LogP contribution in [0.15, 0.2) is 65.8 Å². The quantitative estimate of drug-likeness (QED) is 0.520. The molecule has 5 heteroatoms. The van der Waals surface area contributed by atoms with Gasteiger partial charge in [-0.2, -0.15) is 0 Å². The Hall–Kier alpha value is -3.34. The van der Waals surface area contributed by atoms with Crippen molar-refractivity contribution in [3.8, 4) is 5.75 Å². The Morgan fingerprint density at radius 3 is 2.78 bits per heavy atom.